The summed E-state index contributed by atoms with van der Waals surface area (Å²) in [4.78, 5) is 12.1. The van der Waals surface area contributed by atoms with E-state index in [1.165, 1.54) is 44.9 Å². The first-order valence-electron chi connectivity index (χ1n) is 9.03. The van der Waals surface area contributed by atoms with Gasteiger partial charge in [0.1, 0.15) is 0 Å². The van der Waals surface area contributed by atoms with Gasteiger partial charge in [-0.25, -0.2) is 4.79 Å². The molecule has 23 heavy (non-hydrogen) atoms. The lowest BCUT2D eigenvalue weighted by Crippen LogP contribution is -2.15. The Balaban J connectivity index is 2.13. The maximum Gasteiger partial charge on any atom is 0.338 e. The van der Waals surface area contributed by atoms with Crippen LogP contribution < -0.4 is 0 Å². The molecule has 0 aliphatic heterocycles. The summed E-state index contributed by atoms with van der Waals surface area (Å²) in [5.41, 5.74) is 1.80. The quantitative estimate of drug-likeness (QED) is 0.229. The van der Waals surface area contributed by atoms with Crippen LogP contribution in [0.3, 0.4) is 0 Å². The summed E-state index contributed by atoms with van der Waals surface area (Å²) in [6.45, 7) is 4.24. The fraction of sp³-hybridized carbons (Fsp3) is 0.650. The second-order valence-electron chi connectivity index (χ2n) is 6.31. The van der Waals surface area contributed by atoms with Crippen LogP contribution in [0.4, 0.5) is 0 Å². The highest BCUT2D eigenvalue weighted by Gasteiger charge is 2.11. The number of esters is 1. The Morgan fingerprint density at radius 3 is 2.13 bits per heavy atom. The van der Waals surface area contributed by atoms with Crippen LogP contribution in [0.1, 0.15) is 87.6 Å². The van der Waals surface area contributed by atoms with E-state index in [0.29, 0.717) is 5.56 Å². The zero-order valence-electron chi connectivity index (χ0n) is 14.7. The molecule has 0 aliphatic rings. The summed E-state index contributed by atoms with van der Waals surface area (Å²) in [6, 6.07) is 7.58. The maximum absolute atomic E-state index is 12.1. The highest BCUT2D eigenvalue weighted by molar-refractivity contribution is 9.08. The van der Waals surface area contributed by atoms with Gasteiger partial charge in [0.15, 0.2) is 0 Å². The monoisotopic (exact) mass is 382 g/mol. The average Bonchev–Trinajstić information content (AvgIpc) is 2.57. The summed E-state index contributed by atoms with van der Waals surface area (Å²) < 4.78 is 5.52. The van der Waals surface area contributed by atoms with Crippen molar-refractivity contribution < 1.29 is 9.53 Å². The van der Waals surface area contributed by atoms with Gasteiger partial charge in [-0.1, -0.05) is 79.9 Å². The molecule has 0 saturated heterocycles. The Bertz CT molecular complexity index is 428. The zero-order valence-corrected chi connectivity index (χ0v) is 16.2. The Hall–Kier alpha value is -0.830. The van der Waals surface area contributed by atoms with Crippen molar-refractivity contribution in [2.45, 2.75) is 83.1 Å². The van der Waals surface area contributed by atoms with Gasteiger partial charge >= 0.3 is 5.97 Å². The second kappa shape index (κ2) is 12.6. The van der Waals surface area contributed by atoms with Crippen molar-refractivity contribution in [3.8, 4) is 0 Å². The minimum Gasteiger partial charge on any atom is -0.459 e. The average molecular weight is 383 g/mol. The summed E-state index contributed by atoms with van der Waals surface area (Å²) >= 11 is 3.40. The predicted octanol–water partition coefficient (Wildman–Crippen LogP) is 6.66. The summed E-state index contributed by atoms with van der Waals surface area (Å²) in [7, 11) is 0. The first-order chi connectivity index (χ1) is 11.2. The van der Waals surface area contributed by atoms with E-state index >= 15 is 0 Å². The smallest absolute Gasteiger partial charge is 0.338 e. The molecule has 1 unspecified atom stereocenters. The molecule has 1 rings (SSSR count). The molecular weight excluding hydrogens is 352 g/mol. The third-order valence-electron chi connectivity index (χ3n) is 4.12. The number of hydrogen-bond donors (Lipinski definition) is 0. The Morgan fingerprint density at radius 1 is 1.00 bits per heavy atom. The number of carbonyl (C=O) groups is 1. The Kier molecular flexibility index (Phi) is 11.1. The Labute approximate surface area is 150 Å². The van der Waals surface area contributed by atoms with Gasteiger partial charge in [-0.15, -0.1) is 0 Å². The first-order valence-corrected chi connectivity index (χ1v) is 10.2. The zero-order chi connectivity index (χ0) is 16.9. The van der Waals surface area contributed by atoms with Crippen LogP contribution in [-0.2, 0) is 10.1 Å². The predicted molar refractivity (Wildman–Crippen MR) is 101 cm³/mol. The van der Waals surface area contributed by atoms with E-state index in [4.69, 9.17) is 4.74 Å². The Morgan fingerprint density at radius 2 is 1.57 bits per heavy atom. The molecule has 0 fully saturated rings. The molecule has 3 heteroatoms. The minimum absolute atomic E-state index is 0.00144. The van der Waals surface area contributed by atoms with E-state index in [9.17, 15) is 4.79 Å². The number of unbranched alkanes of at least 4 members (excludes halogenated alkanes) is 7. The van der Waals surface area contributed by atoms with Gasteiger partial charge in [0, 0.05) is 5.33 Å². The molecular formula is C20H31BrO2. The van der Waals surface area contributed by atoms with Crippen LogP contribution in [0, 0.1) is 0 Å². The SMILES string of the molecule is CCCCCCCCCCC(C)OC(=O)c1ccc(CBr)cc1. The van der Waals surface area contributed by atoms with Crippen molar-refractivity contribution in [2.75, 3.05) is 0 Å². The number of hydrogen-bond acceptors (Lipinski definition) is 2. The third kappa shape index (κ3) is 9.14. The molecule has 0 amide bonds. The summed E-state index contributed by atoms with van der Waals surface area (Å²) in [5, 5.41) is 0.803. The molecule has 0 aliphatic carbocycles. The molecule has 0 N–H and O–H groups in total. The molecule has 1 aromatic rings. The van der Waals surface area contributed by atoms with Crippen LogP contribution in [0.25, 0.3) is 0 Å². The fourth-order valence-electron chi connectivity index (χ4n) is 2.61. The van der Waals surface area contributed by atoms with Crippen LogP contribution >= 0.6 is 15.9 Å². The summed E-state index contributed by atoms with van der Waals surface area (Å²) in [5.74, 6) is -0.210. The number of alkyl halides is 1. The van der Waals surface area contributed by atoms with Crippen LogP contribution in [0.5, 0.6) is 0 Å². The largest absolute Gasteiger partial charge is 0.459 e. The van der Waals surface area contributed by atoms with Crippen LogP contribution in [0.2, 0.25) is 0 Å². The van der Waals surface area contributed by atoms with Crippen LogP contribution in [0.15, 0.2) is 24.3 Å². The van der Waals surface area contributed by atoms with Gasteiger partial charge in [0.25, 0.3) is 0 Å². The van der Waals surface area contributed by atoms with Gasteiger partial charge in [-0.2, -0.15) is 0 Å². The van der Waals surface area contributed by atoms with Gasteiger partial charge in [-0.05, 0) is 37.5 Å². The lowest BCUT2D eigenvalue weighted by atomic mass is 10.1. The van der Waals surface area contributed by atoms with Crippen molar-refractivity contribution in [1.82, 2.24) is 0 Å². The van der Waals surface area contributed by atoms with Crippen molar-refractivity contribution in [3.63, 3.8) is 0 Å². The highest BCUT2D eigenvalue weighted by atomic mass is 79.9. The topological polar surface area (TPSA) is 26.3 Å². The van der Waals surface area contributed by atoms with E-state index < -0.39 is 0 Å². The number of carbonyl (C=O) groups excluding carboxylic acids is 1. The van der Waals surface area contributed by atoms with E-state index in [2.05, 4.69) is 22.9 Å². The molecule has 2 nitrogen and oxygen atoms in total. The fourth-order valence-corrected chi connectivity index (χ4v) is 2.98. The van der Waals surface area contributed by atoms with Gasteiger partial charge < -0.3 is 4.74 Å². The first kappa shape index (κ1) is 20.2. The third-order valence-corrected chi connectivity index (χ3v) is 4.76. The highest BCUT2D eigenvalue weighted by Crippen LogP contribution is 2.14. The minimum atomic E-state index is -0.210. The number of halogens is 1. The molecule has 1 aromatic carbocycles. The summed E-state index contributed by atoms with van der Waals surface area (Å²) in [6.07, 6.45) is 11.4. The van der Waals surface area contributed by atoms with E-state index in [1.807, 2.05) is 31.2 Å². The number of ether oxygens (including phenoxy) is 1. The standard InChI is InChI=1S/C20H31BrO2/c1-3-4-5-6-7-8-9-10-11-17(2)23-20(22)19-14-12-18(16-21)13-15-19/h12-15,17H,3-11,16H2,1-2H3. The molecule has 0 aromatic heterocycles. The van der Waals surface area contributed by atoms with Crippen molar-refractivity contribution >= 4 is 21.9 Å². The van der Waals surface area contributed by atoms with Crippen molar-refractivity contribution in [3.05, 3.63) is 35.4 Å². The van der Waals surface area contributed by atoms with Crippen molar-refractivity contribution in [1.29, 1.82) is 0 Å². The number of benzene rings is 1. The second-order valence-corrected chi connectivity index (χ2v) is 6.87. The van der Waals surface area contributed by atoms with E-state index in [1.54, 1.807) is 0 Å². The van der Waals surface area contributed by atoms with Crippen LogP contribution in [-0.4, -0.2) is 12.1 Å². The van der Waals surface area contributed by atoms with Crippen molar-refractivity contribution in [2.24, 2.45) is 0 Å². The lowest BCUT2D eigenvalue weighted by molar-refractivity contribution is 0.0319. The van der Waals surface area contributed by atoms with E-state index in [-0.39, 0.29) is 12.1 Å². The maximum atomic E-state index is 12.1. The van der Waals surface area contributed by atoms with E-state index in [0.717, 1.165) is 23.7 Å². The molecule has 130 valence electrons. The lowest BCUT2D eigenvalue weighted by Gasteiger charge is -2.13. The molecule has 0 spiro atoms. The number of rotatable bonds is 12. The van der Waals surface area contributed by atoms with Gasteiger partial charge in [0.05, 0.1) is 11.7 Å². The molecule has 0 saturated carbocycles. The molecule has 0 heterocycles. The molecule has 0 bridgehead atoms. The molecule has 1 atom stereocenters. The van der Waals surface area contributed by atoms with Gasteiger partial charge in [-0.3, -0.25) is 0 Å². The molecule has 0 radical (unpaired) electrons. The normalized spacial score (nSPS) is 12.1. The van der Waals surface area contributed by atoms with Gasteiger partial charge in [0.2, 0.25) is 0 Å².